The summed E-state index contributed by atoms with van der Waals surface area (Å²) in [6, 6.07) is 19.1. The molecule has 1 heterocycles. The lowest BCUT2D eigenvalue weighted by molar-refractivity contribution is 0.0429. The van der Waals surface area contributed by atoms with Gasteiger partial charge in [-0.25, -0.2) is 13.2 Å². The average Bonchev–Trinajstić information content (AvgIpc) is 3.36. The van der Waals surface area contributed by atoms with Crippen molar-refractivity contribution in [3.05, 3.63) is 84.3 Å². The van der Waals surface area contributed by atoms with Crippen molar-refractivity contribution in [2.24, 2.45) is 0 Å². The van der Waals surface area contributed by atoms with Crippen molar-refractivity contribution in [3.63, 3.8) is 0 Å². The van der Waals surface area contributed by atoms with Gasteiger partial charge in [0.05, 0.1) is 30.4 Å². The molecule has 1 aromatic heterocycles. The summed E-state index contributed by atoms with van der Waals surface area (Å²) in [5, 5.41) is 3.88. The van der Waals surface area contributed by atoms with E-state index in [0.717, 1.165) is 0 Å². The zero-order chi connectivity index (χ0) is 24.8. The predicted molar refractivity (Wildman–Crippen MR) is 126 cm³/mol. The van der Waals surface area contributed by atoms with Crippen LogP contribution in [-0.2, 0) is 21.4 Å². The highest BCUT2D eigenvalue weighted by molar-refractivity contribution is 7.92. The smallest absolute Gasteiger partial charge is 0.338 e. The summed E-state index contributed by atoms with van der Waals surface area (Å²) in [6.07, 6.45) is 0. The summed E-state index contributed by atoms with van der Waals surface area (Å²) < 4.78 is 48.8. The maximum Gasteiger partial charge on any atom is 0.338 e. The number of ether oxygens (including phenoxy) is 3. The molecule has 0 radical (unpaired) electrons. The van der Waals surface area contributed by atoms with E-state index in [-0.39, 0.29) is 28.6 Å². The molecule has 10 nitrogen and oxygen atoms in total. The fraction of sp³-hybridized carbons (Fsp3) is 0.125. The number of esters is 1. The van der Waals surface area contributed by atoms with E-state index in [1.54, 1.807) is 55.6 Å². The minimum absolute atomic E-state index is 0.0443. The van der Waals surface area contributed by atoms with Gasteiger partial charge in [0.2, 0.25) is 5.82 Å². The van der Waals surface area contributed by atoms with E-state index in [1.165, 1.54) is 31.4 Å². The average molecular weight is 496 g/mol. The molecule has 1 N–H and O–H groups in total. The zero-order valence-electron chi connectivity index (χ0n) is 18.8. The first-order chi connectivity index (χ1) is 16.9. The first-order valence-electron chi connectivity index (χ1n) is 10.3. The quantitative estimate of drug-likeness (QED) is 0.343. The van der Waals surface area contributed by atoms with E-state index in [4.69, 9.17) is 18.7 Å². The Morgan fingerprint density at radius 2 is 1.74 bits per heavy atom. The highest BCUT2D eigenvalue weighted by Gasteiger charge is 2.19. The van der Waals surface area contributed by atoms with Gasteiger partial charge in [-0.1, -0.05) is 23.4 Å². The minimum atomic E-state index is -3.99. The molecule has 4 rings (SSSR count). The number of hydrogen-bond donors (Lipinski definition) is 1. The lowest BCUT2D eigenvalue weighted by Gasteiger charge is -2.12. The monoisotopic (exact) mass is 495 g/mol. The van der Waals surface area contributed by atoms with E-state index >= 15 is 0 Å². The minimum Gasteiger partial charge on any atom is -0.497 e. The van der Waals surface area contributed by atoms with Crippen LogP contribution in [-0.4, -0.2) is 38.7 Å². The summed E-state index contributed by atoms with van der Waals surface area (Å²) in [7, 11) is -0.984. The van der Waals surface area contributed by atoms with Gasteiger partial charge in [-0.3, -0.25) is 4.72 Å². The normalized spacial score (nSPS) is 11.0. The van der Waals surface area contributed by atoms with Crippen molar-refractivity contribution < 1.29 is 31.9 Å². The Balaban J connectivity index is 1.43. The van der Waals surface area contributed by atoms with Crippen LogP contribution in [0.15, 0.2) is 82.2 Å². The topological polar surface area (TPSA) is 130 Å². The number of carbonyl (C=O) groups excluding carboxylic acids is 1. The van der Waals surface area contributed by atoms with E-state index < -0.39 is 16.0 Å². The molecular weight excluding hydrogens is 474 g/mol. The standard InChI is InChI=1S/C24H21N3O7S/c1-31-18-12-10-16(11-13-18)23-25-22(34-26-23)15-33-24(28)17-6-5-7-19(14-17)35(29,30)27-20-8-3-4-9-21(20)32-2/h3-14,27H,15H2,1-2H3. The van der Waals surface area contributed by atoms with Gasteiger partial charge in [0.25, 0.3) is 15.9 Å². The maximum absolute atomic E-state index is 12.8. The van der Waals surface area contributed by atoms with Crippen LogP contribution < -0.4 is 14.2 Å². The van der Waals surface area contributed by atoms with Gasteiger partial charge < -0.3 is 18.7 Å². The van der Waals surface area contributed by atoms with Crippen LogP contribution in [0.4, 0.5) is 5.69 Å². The second-order valence-corrected chi connectivity index (χ2v) is 8.83. The second kappa shape index (κ2) is 10.3. The third-order valence-corrected chi connectivity index (χ3v) is 6.24. The summed E-state index contributed by atoms with van der Waals surface area (Å²) in [5.74, 6) is 0.720. The highest BCUT2D eigenvalue weighted by Crippen LogP contribution is 2.26. The molecule has 4 aromatic rings. The lowest BCUT2D eigenvalue weighted by Crippen LogP contribution is -2.15. The molecule has 0 aliphatic rings. The van der Waals surface area contributed by atoms with Gasteiger partial charge >= 0.3 is 5.97 Å². The number of nitrogens with zero attached hydrogens (tertiary/aromatic N) is 2. The molecule has 0 spiro atoms. The molecule has 0 atom stereocenters. The van der Waals surface area contributed by atoms with Crippen LogP contribution in [0.25, 0.3) is 11.4 Å². The molecule has 0 bridgehead atoms. The molecule has 0 saturated carbocycles. The number of anilines is 1. The number of methoxy groups -OCH3 is 2. The number of nitrogens with one attached hydrogen (secondary N) is 1. The van der Waals surface area contributed by atoms with E-state index in [1.807, 2.05) is 0 Å². The van der Waals surface area contributed by atoms with Gasteiger partial charge in [-0.15, -0.1) is 0 Å². The van der Waals surface area contributed by atoms with Crippen LogP contribution in [0, 0.1) is 0 Å². The van der Waals surface area contributed by atoms with E-state index in [2.05, 4.69) is 14.9 Å². The van der Waals surface area contributed by atoms with Gasteiger partial charge in [-0.2, -0.15) is 4.98 Å². The summed E-state index contributed by atoms with van der Waals surface area (Å²) >= 11 is 0. The Kier molecular flexibility index (Phi) is 6.97. The molecule has 35 heavy (non-hydrogen) atoms. The van der Waals surface area contributed by atoms with Gasteiger partial charge in [0.15, 0.2) is 6.61 Å². The molecule has 0 aliphatic heterocycles. The van der Waals surface area contributed by atoms with Crippen molar-refractivity contribution >= 4 is 21.7 Å². The molecule has 0 amide bonds. The van der Waals surface area contributed by atoms with Crippen molar-refractivity contribution in [1.29, 1.82) is 0 Å². The van der Waals surface area contributed by atoms with Crippen molar-refractivity contribution in [2.45, 2.75) is 11.5 Å². The molecular formula is C24H21N3O7S. The molecule has 0 saturated heterocycles. The third-order valence-electron chi connectivity index (χ3n) is 4.87. The summed E-state index contributed by atoms with van der Waals surface area (Å²) in [4.78, 5) is 16.6. The highest BCUT2D eigenvalue weighted by atomic mass is 32.2. The number of hydrogen-bond acceptors (Lipinski definition) is 9. The molecule has 0 aliphatic carbocycles. The van der Waals surface area contributed by atoms with Gasteiger partial charge in [0, 0.05) is 5.56 Å². The molecule has 0 unspecified atom stereocenters. The SMILES string of the molecule is COc1ccc(-c2noc(COC(=O)c3cccc(S(=O)(=O)Nc4ccccc4OC)c3)n2)cc1. The van der Waals surface area contributed by atoms with Crippen LogP contribution in [0.1, 0.15) is 16.2 Å². The predicted octanol–water partition coefficient (Wildman–Crippen LogP) is 3.91. The summed E-state index contributed by atoms with van der Waals surface area (Å²) in [5.41, 5.74) is 1.02. The largest absolute Gasteiger partial charge is 0.497 e. The first-order valence-corrected chi connectivity index (χ1v) is 11.8. The van der Waals surface area contributed by atoms with Crippen LogP contribution in [0.2, 0.25) is 0 Å². The lowest BCUT2D eigenvalue weighted by atomic mass is 10.2. The number of benzene rings is 3. The van der Waals surface area contributed by atoms with Crippen LogP contribution in [0.3, 0.4) is 0 Å². The van der Waals surface area contributed by atoms with Gasteiger partial charge in [0.1, 0.15) is 11.5 Å². The van der Waals surface area contributed by atoms with Gasteiger partial charge in [-0.05, 0) is 54.6 Å². The second-order valence-electron chi connectivity index (χ2n) is 7.15. The number of aromatic nitrogens is 2. The van der Waals surface area contributed by atoms with Crippen LogP contribution >= 0.6 is 0 Å². The third kappa shape index (κ3) is 5.58. The van der Waals surface area contributed by atoms with Crippen molar-refractivity contribution in [3.8, 4) is 22.9 Å². The fourth-order valence-electron chi connectivity index (χ4n) is 3.10. The number of rotatable bonds is 9. The number of carbonyl (C=O) groups is 1. The van der Waals surface area contributed by atoms with Crippen molar-refractivity contribution in [2.75, 3.05) is 18.9 Å². The number of para-hydroxylation sites is 2. The Morgan fingerprint density at radius 3 is 2.49 bits per heavy atom. The summed E-state index contributed by atoms with van der Waals surface area (Å²) in [6.45, 7) is -0.279. The molecule has 0 fully saturated rings. The fourth-order valence-corrected chi connectivity index (χ4v) is 4.22. The van der Waals surface area contributed by atoms with E-state index in [0.29, 0.717) is 22.9 Å². The molecule has 11 heteroatoms. The van der Waals surface area contributed by atoms with E-state index in [9.17, 15) is 13.2 Å². The Hall–Kier alpha value is -4.38. The Bertz CT molecular complexity index is 1430. The van der Waals surface area contributed by atoms with Crippen molar-refractivity contribution in [1.82, 2.24) is 10.1 Å². The first kappa shape index (κ1) is 23.8. The maximum atomic E-state index is 12.8. The number of sulfonamides is 1. The zero-order valence-corrected chi connectivity index (χ0v) is 19.6. The van der Waals surface area contributed by atoms with Crippen LogP contribution in [0.5, 0.6) is 11.5 Å². The molecule has 180 valence electrons. The Morgan fingerprint density at radius 1 is 0.971 bits per heavy atom. The Labute approximate surface area is 201 Å². The molecule has 3 aromatic carbocycles.